The Hall–Kier alpha value is -2.45. The molecule has 152 valence electrons. The standard InChI is InChI=1S/C20H28N4O4/c1-15(2)12-23-18(25)19(26)24(20(23)27)14-21(3)13-16-4-6-17(7-5-16)22-8-10-28-11-9-22/h4-7,15H,8-14H2,1-3H3/p+1. The summed E-state index contributed by atoms with van der Waals surface area (Å²) < 4.78 is 5.38. The summed E-state index contributed by atoms with van der Waals surface area (Å²) >= 11 is 0. The van der Waals surface area contributed by atoms with Gasteiger partial charge in [0.2, 0.25) is 0 Å². The molecule has 0 bridgehead atoms. The Morgan fingerprint density at radius 3 is 2.21 bits per heavy atom. The largest absolute Gasteiger partial charge is 0.378 e. The lowest BCUT2D eigenvalue weighted by molar-refractivity contribution is -0.901. The smallest absolute Gasteiger partial charge is 0.338 e. The minimum absolute atomic E-state index is 0.121. The molecule has 3 rings (SSSR count). The first-order valence-electron chi connectivity index (χ1n) is 9.77. The lowest BCUT2D eigenvalue weighted by atomic mass is 10.2. The van der Waals surface area contributed by atoms with Gasteiger partial charge in [-0.1, -0.05) is 26.0 Å². The van der Waals surface area contributed by atoms with Gasteiger partial charge in [0, 0.05) is 30.9 Å². The first-order valence-corrected chi connectivity index (χ1v) is 9.77. The van der Waals surface area contributed by atoms with Gasteiger partial charge in [-0.05, 0) is 18.1 Å². The maximum Gasteiger partial charge on any atom is 0.338 e. The quantitative estimate of drug-likeness (QED) is 0.523. The van der Waals surface area contributed by atoms with E-state index in [2.05, 4.69) is 29.2 Å². The maximum absolute atomic E-state index is 12.5. The van der Waals surface area contributed by atoms with Gasteiger partial charge in [0.1, 0.15) is 6.54 Å². The van der Waals surface area contributed by atoms with Crippen molar-refractivity contribution in [3.05, 3.63) is 29.8 Å². The molecule has 2 aliphatic heterocycles. The van der Waals surface area contributed by atoms with E-state index >= 15 is 0 Å². The van der Waals surface area contributed by atoms with E-state index in [0.29, 0.717) is 6.54 Å². The predicted octanol–water partition coefficient (Wildman–Crippen LogP) is -0.0578. The fourth-order valence-corrected chi connectivity index (χ4v) is 3.54. The number of hydrogen-bond donors (Lipinski definition) is 1. The number of carbonyl (C=O) groups is 3. The van der Waals surface area contributed by atoms with Crippen LogP contribution >= 0.6 is 0 Å². The van der Waals surface area contributed by atoms with Gasteiger partial charge < -0.3 is 14.5 Å². The Morgan fingerprint density at radius 2 is 1.61 bits per heavy atom. The van der Waals surface area contributed by atoms with Crippen molar-refractivity contribution in [2.45, 2.75) is 20.4 Å². The third kappa shape index (κ3) is 4.51. The molecule has 2 aliphatic rings. The van der Waals surface area contributed by atoms with Crippen molar-refractivity contribution in [2.75, 3.05) is 51.5 Å². The van der Waals surface area contributed by atoms with Crippen molar-refractivity contribution in [1.29, 1.82) is 0 Å². The number of urea groups is 1. The molecule has 0 saturated carbocycles. The Balaban J connectivity index is 1.57. The molecule has 2 heterocycles. The number of quaternary nitrogens is 1. The van der Waals surface area contributed by atoms with Crippen LogP contribution in [0, 0.1) is 5.92 Å². The molecule has 1 aromatic carbocycles. The van der Waals surface area contributed by atoms with Gasteiger partial charge in [0.25, 0.3) is 0 Å². The van der Waals surface area contributed by atoms with Crippen molar-refractivity contribution < 1.29 is 24.0 Å². The molecule has 0 aromatic heterocycles. The van der Waals surface area contributed by atoms with Crippen LogP contribution in [0.2, 0.25) is 0 Å². The van der Waals surface area contributed by atoms with Crippen LogP contribution < -0.4 is 9.80 Å². The summed E-state index contributed by atoms with van der Waals surface area (Å²) in [5.41, 5.74) is 2.28. The predicted molar refractivity (Wildman–Crippen MR) is 104 cm³/mol. The molecule has 1 unspecified atom stereocenters. The third-order valence-electron chi connectivity index (χ3n) is 4.93. The second-order valence-corrected chi connectivity index (χ2v) is 7.88. The van der Waals surface area contributed by atoms with E-state index in [-0.39, 0.29) is 19.1 Å². The molecule has 1 N–H and O–H groups in total. The second-order valence-electron chi connectivity index (χ2n) is 7.88. The number of nitrogens with zero attached hydrogens (tertiary/aromatic N) is 3. The maximum atomic E-state index is 12.5. The first kappa shape index (κ1) is 20.3. The van der Waals surface area contributed by atoms with Crippen LogP contribution in [0.4, 0.5) is 10.5 Å². The van der Waals surface area contributed by atoms with Gasteiger partial charge in [-0.2, -0.15) is 0 Å². The number of hydrogen-bond acceptors (Lipinski definition) is 5. The number of imide groups is 2. The molecule has 2 fully saturated rings. The summed E-state index contributed by atoms with van der Waals surface area (Å²) in [6.45, 7) is 8.19. The average molecular weight is 389 g/mol. The number of amides is 4. The fraction of sp³-hybridized carbons (Fsp3) is 0.550. The van der Waals surface area contributed by atoms with E-state index in [1.54, 1.807) is 0 Å². The summed E-state index contributed by atoms with van der Waals surface area (Å²) in [5.74, 6) is -1.33. The Kier molecular flexibility index (Phi) is 6.31. The number of anilines is 1. The minimum atomic E-state index is -0.729. The lowest BCUT2D eigenvalue weighted by Crippen LogP contribution is -3.09. The molecule has 1 aromatic rings. The molecule has 4 amide bonds. The van der Waals surface area contributed by atoms with Crippen LogP contribution in [-0.2, 0) is 20.9 Å². The number of ether oxygens (including phenoxy) is 1. The fourth-order valence-electron chi connectivity index (χ4n) is 3.54. The van der Waals surface area contributed by atoms with Crippen LogP contribution in [-0.4, -0.2) is 74.2 Å². The van der Waals surface area contributed by atoms with Crippen LogP contribution in [0.3, 0.4) is 0 Å². The normalized spacial score (nSPS) is 19.1. The number of benzene rings is 1. The molecule has 8 nitrogen and oxygen atoms in total. The Labute approximate surface area is 165 Å². The molecule has 1 atom stereocenters. The zero-order valence-corrected chi connectivity index (χ0v) is 16.8. The van der Waals surface area contributed by atoms with Crippen LogP contribution in [0.15, 0.2) is 24.3 Å². The summed E-state index contributed by atoms with van der Waals surface area (Å²) in [7, 11) is 1.91. The third-order valence-corrected chi connectivity index (χ3v) is 4.93. The number of carbonyl (C=O) groups excluding carboxylic acids is 3. The highest BCUT2D eigenvalue weighted by atomic mass is 16.5. The molecule has 28 heavy (non-hydrogen) atoms. The monoisotopic (exact) mass is 389 g/mol. The topological polar surface area (TPSA) is 74.6 Å². The highest BCUT2D eigenvalue weighted by molar-refractivity contribution is 6.44. The highest BCUT2D eigenvalue weighted by Crippen LogP contribution is 2.16. The molecule has 0 radical (unpaired) electrons. The minimum Gasteiger partial charge on any atom is -0.378 e. The van der Waals surface area contributed by atoms with Gasteiger partial charge in [-0.3, -0.25) is 14.5 Å². The van der Waals surface area contributed by atoms with Crippen molar-refractivity contribution in [3.8, 4) is 0 Å². The van der Waals surface area contributed by atoms with Crippen molar-refractivity contribution in [2.24, 2.45) is 5.92 Å². The van der Waals surface area contributed by atoms with Crippen LogP contribution in [0.25, 0.3) is 0 Å². The number of nitrogens with one attached hydrogen (secondary N) is 1. The van der Waals surface area contributed by atoms with E-state index in [1.165, 1.54) is 5.69 Å². The van der Waals surface area contributed by atoms with Gasteiger partial charge in [0.15, 0.2) is 6.67 Å². The SMILES string of the molecule is CC(C)CN1C(=O)C(=O)N(C[NH+](C)Cc2ccc(N3CCOCC3)cc2)C1=O. The Morgan fingerprint density at radius 1 is 1.00 bits per heavy atom. The Bertz CT molecular complexity index is 728. The van der Waals surface area contributed by atoms with Gasteiger partial charge in [-0.25, -0.2) is 9.69 Å². The molecule has 2 saturated heterocycles. The molecule has 0 spiro atoms. The second kappa shape index (κ2) is 8.70. The zero-order valence-electron chi connectivity index (χ0n) is 16.8. The molecule has 0 aliphatic carbocycles. The van der Waals surface area contributed by atoms with E-state index in [1.807, 2.05) is 20.9 Å². The van der Waals surface area contributed by atoms with Gasteiger partial charge in [-0.15, -0.1) is 0 Å². The summed E-state index contributed by atoms with van der Waals surface area (Å²) in [6.07, 6.45) is 0. The summed E-state index contributed by atoms with van der Waals surface area (Å²) in [6, 6.07) is 7.81. The van der Waals surface area contributed by atoms with E-state index < -0.39 is 17.8 Å². The van der Waals surface area contributed by atoms with E-state index in [9.17, 15) is 14.4 Å². The summed E-state index contributed by atoms with van der Waals surface area (Å²) in [4.78, 5) is 42.1. The molecule has 8 heteroatoms. The lowest BCUT2D eigenvalue weighted by Gasteiger charge is -2.29. The van der Waals surface area contributed by atoms with Crippen molar-refractivity contribution in [3.63, 3.8) is 0 Å². The van der Waals surface area contributed by atoms with E-state index in [0.717, 1.165) is 46.6 Å². The van der Waals surface area contributed by atoms with Crippen molar-refractivity contribution >= 4 is 23.5 Å². The molecular formula is C20H29N4O4+. The number of morpholine rings is 1. The van der Waals surface area contributed by atoms with Crippen molar-refractivity contribution in [1.82, 2.24) is 9.80 Å². The molecular weight excluding hydrogens is 360 g/mol. The van der Waals surface area contributed by atoms with Crippen LogP contribution in [0.1, 0.15) is 19.4 Å². The number of rotatable bonds is 7. The van der Waals surface area contributed by atoms with Gasteiger partial charge >= 0.3 is 17.8 Å². The van der Waals surface area contributed by atoms with Crippen LogP contribution in [0.5, 0.6) is 0 Å². The summed E-state index contributed by atoms with van der Waals surface area (Å²) in [5, 5.41) is 0. The zero-order chi connectivity index (χ0) is 20.3. The van der Waals surface area contributed by atoms with Gasteiger partial charge in [0.05, 0.1) is 20.3 Å². The first-order chi connectivity index (χ1) is 13.4. The van der Waals surface area contributed by atoms with E-state index in [4.69, 9.17) is 4.74 Å². The average Bonchev–Trinajstić information content (AvgIpc) is 2.87. The highest BCUT2D eigenvalue weighted by Gasteiger charge is 2.45.